The number of carbonyl (C=O) groups excluding carboxylic acids is 1. The number of amides is 1. The fourth-order valence-corrected chi connectivity index (χ4v) is 4.12. The molecule has 0 radical (unpaired) electrons. The number of hydrogen-bond donors (Lipinski definition) is 1. The van der Waals surface area contributed by atoms with Crippen LogP contribution in [-0.2, 0) is 16.0 Å². The number of nitrogens with one attached hydrogen (secondary N) is 1. The van der Waals surface area contributed by atoms with Gasteiger partial charge in [0.1, 0.15) is 13.2 Å². The van der Waals surface area contributed by atoms with E-state index in [1.54, 1.807) is 0 Å². The fourth-order valence-electron chi connectivity index (χ4n) is 4.12. The lowest BCUT2D eigenvalue weighted by Crippen LogP contribution is -2.43. The van der Waals surface area contributed by atoms with Gasteiger partial charge in [0.15, 0.2) is 11.5 Å². The molecule has 0 aliphatic carbocycles. The molecule has 2 aliphatic heterocycles. The molecule has 6 nitrogen and oxygen atoms in total. The Morgan fingerprint density at radius 2 is 1.74 bits per heavy atom. The van der Waals surface area contributed by atoms with E-state index in [1.165, 1.54) is 5.56 Å². The first-order valence-corrected chi connectivity index (χ1v) is 11.2. The number of aryl methyl sites for hydroxylation is 1. The van der Waals surface area contributed by atoms with Crippen LogP contribution in [-0.4, -0.2) is 56.9 Å². The average Bonchev–Trinajstić information content (AvgIpc) is 2.82. The standard InChI is InChI=1S/C25H32N2O4/c1-19(18-27-11-13-29-14-12-27)25(28)26-22(9-7-20-5-3-2-4-6-20)21-8-10-23-24(17-21)31-16-15-30-23/h2-6,8,10,17,19,22H,7,9,11-16,18H2,1H3,(H,26,28)/t19-,22+/m1/s1. The third-order valence-corrected chi connectivity index (χ3v) is 5.93. The number of hydrogen-bond acceptors (Lipinski definition) is 5. The largest absolute Gasteiger partial charge is 0.486 e. The molecule has 2 aliphatic rings. The number of carbonyl (C=O) groups is 1. The Balaban J connectivity index is 1.45. The molecule has 0 spiro atoms. The first kappa shape index (κ1) is 21.7. The molecular formula is C25H32N2O4. The SMILES string of the molecule is C[C@H](CN1CCOCC1)C(=O)N[C@@H](CCc1ccccc1)c1ccc2c(c1)OCCO2. The van der Waals surface area contributed by atoms with Gasteiger partial charge in [0.25, 0.3) is 0 Å². The summed E-state index contributed by atoms with van der Waals surface area (Å²) in [7, 11) is 0. The molecule has 0 unspecified atom stereocenters. The molecule has 2 atom stereocenters. The first-order valence-electron chi connectivity index (χ1n) is 11.2. The molecule has 1 N–H and O–H groups in total. The van der Waals surface area contributed by atoms with Gasteiger partial charge in [-0.25, -0.2) is 0 Å². The molecule has 1 fully saturated rings. The second kappa shape index (κ2) is 10.6. The van der Waals surface area contributed by atoms with Crippen LogP contribution in [0.4, 0.5) is 0 Å². The molecule has 2 heterocycles. The van der Waals surface area contributed by atoms with E-state index in [-0.39, 0.29) is 17.9 Å². The zero-order chi connectivity index (χ0) is 21.5. The zero-order valence-corrected chi connectivity index (χ0v) is 18.2. The molecule has 1 amide bonds. The summed E-state index contributed by atoms with van der Waals surface area (Å²) in [4.78, 5) is 15.4. The Labute approximate surface area is 184 Å². The lowest BCUT2D eigenvalue weighted by Gasteiger charge is -2.29. The van der Waals surface area contributed by atoms with Crippen molar-refractivity contribution in [1.82, 2.24) is 10.2 Å². The second-order valence-electron chi connectivity index (χ2n) is 8.30. The smallest absolute Gasteiger partial charge is 0.224 e. The van der Waals surface area contributed by atoms with Crippen molar-refractivity contribution in [1.29, 1.82) is 0 Å². The summed E-state index contributed by atoms with van der Waals surface area (Å²) in [6, 6.07) is 16.3. The van der Waals surface area contributed by atoms with Crippen molar-refractivity contribution in [3.63, 3.8) is 0 Å². The minimum atomic E-state index is -0.0884. The average molecular weight is 425 g/mol. The zero-order valence-electron chi connectivity index (χ0n) is 18.2. The molecule has 2 aromatic rings. The van der Waals surface area contributed by atoms with Crippen LogP contribution in [0.25, 0.3) is 0 Å². The lowest BCUT2D eigenvalue weighted by molar-refractivity contribution is -0.126. The Kier molecular flexibility index (Phi) is 7.43. The van der Waals surface area contributed by atoms with Gasteiger partial charge in [0.05, 0.1) is 19.3 Å². The second-order valence-corrected chi connectivity index (χ2v) is 8.30. The highest BCUT2D eigenvalue weighted by atomic mass is 16.6. The van der Waals surface area contributed by atoms with Gasteiger partial charge in [-0.15, -0.1) is 0 Å². The van der Waals surface area contributed by atoms with Crippen LogP contribution in [0.5, 0.6) is 11.5 Å². The third kappa shape index (κ3) is 5.99. The van der Waals surface area contributed by atoms with Crippen LogP contribution >= 0.6 is 0 Å². The van der Waals surface area contributed by atoms with Gasteiger partial charge >= 0.3 is 0 Å². The van der Waals surface area contributed by atoms with Crippen LogP contribution in [0.1, 0.15) is 30.5 Å². The summed E-state index contributed by atoms with van der Waals surface area (Å²) in [5.74, 6) is 1.52. The Hall–Kier alpha value is -2.57. The number of morpholine rings is 1. The van der Waals surface area contributed by atoms with Crippen LogP contribution < -0.4 is 14.8 Å². The maximum atomic E-state index is 13.1. The van der Waals surface area contributed by atoms with Crippen molar-refractivity contribution in [2.75, 3.05) is 46.1 Å². The van der Waals surface area contributed by atoms with Crippen LogP contribution in [0.3, 0.4) is 0 Å². The molecule has 2 aromatic carbocycles. The number of benzene rings is 2. The van der Waals surface area contributed by atoms with E-state index in [0.717, 1.165) is 62.8 Å². The van der Waals surface area contributed by atoms with Crippen molar-refractivity contribution >= 4 is 5.91 Å². The van der Waals surface area contributed by atoms with Crippen LogP contribution in [0.2, 0.25) is 0 Å². The van der Waals surface area contributed by atoms with Gasteiger partial charge in [-0.1, -0.05) is 43.3 Å². The molecule has 31 heavy (non-hydrogen) atoms. The van der Waals surface area contributed by atoms with Crippen molar-refractivity contribution in [3.8, 4) is 11.5 Å². The van der Waals surface area contributed by atoms with Crippen LogP contribution in [0, 0.1) is 5.92 Å². The molecule has 0 saturated carbocycles. The lowest BCUT2D eigenvalue weighted by atomic mass is 9.97. The highest BCUT2D eigenvalue weighted by Gasteiger charge is 2.23. The monoisotopic (exact) mass is 424 g/mol. The van der Waals surface area contributed by atoms with Crippen molar-refractivity contribution < 1.29 is 19.0 Å². The predicted octanol–water partition coefficient (Wildman–Crippen LogP) is 3.22. The van der Waals surface area contributed by atoms with Gasteiger partial charge in [-0.05, 0) is 36.1 Å². The molecule has 4 rings (SSSR count). The van der Waals surface area contributed by atoms with E-state index in [2.05, 4.69) is 34.5 Å². The summed E-state index contributed by atoms with van der Waals surface area (Å²) >= 11 is 0. The van der Waals surface area contributed by atoms with Crippen molar-refractivity contribution in [2.24, 2.45) is 5.92 Å². The molecule has 6 heteroatoms. The van der Waals surface area contributed by atoms with Gasteiger partial charge in [-0.2, -0.15) is 0 Å². The Bertz CT molecular complexity index is 852. The minimum absolute atomic E-state index is 0.0828. The van der Waals surface area contributed by atoms with E-state index in [4.69, 9.17) is 14.2 Å². The van der Waals surface area contributed by atoms with E-state index >= 15 is 0 Å². The third-order valence-electron chi connectivity index (χ3n) is 5.93. The van der Waals surface area contributed by atoms with E-state index < -0.39 is 0 Å². The van der Waals surface area contributed by atoms with Gasteiger partial charge < -0.3 is 19.5 Å². The highest BCUT2D eigenvalue weighted by Crippen LogP contribution is 2.33. The molecule has 0 aromatic heterocycles. The van der Waals surface area contributed by atoms with E-state index in [0.29, 0.717) is 13.2 Å². The Morgan fingerprint density at radius 1 is 1.00 bits per heavy atom. The number of nitrogens with zero attached hydrogens (tertiary/aromatic N) is 1. The summed E-state index contributed by atoms with van der Waals surface area (Å²) < 4.78 is 16.9. The normalized spacial score (nSPS) is 18.2. The maximum absolute atomic E-state index is 13.1. The quantitative estimate of drug-likeness (QED) is 0.705. The first-order chi connectivity index (χ1) is 15.2. The number of ether oxygens (including phenoxy) is 3. The van der Waals surface area contributed by atoms with Gasteiger partial charge in [-0.3, -0.25) is 9.69 Å². The van der Waals surface area contributed by atoms with Gasteiger partial charge in [0.2, 0.25) is 5.91 Å². The summed E-state index contributed by atoms with van der Waals surface area (Å²) in [6.07, 6.45) is 1.71. The summed E-state index contributed by atoms with van der Waals surface area (Å²) in [6.45, 7) is 7.13. The number of fused-ring (bicyclic) bond motifs is 1. The van der Waals surface area contributed by atoms with Gasteiger partial charge in [0, 0.05) is 25.6 Å². The van der Waals surface area contributed by atoms with Crippen molar-refractivity contribution in [2.45, 2.75) is 25.8 Å². The highest BCUT2D eigenvalue weighted by molar-refractivity contribution is 5.79. The summed E-state index contributed by atoms with van der Waals surface area (Å²) in [5.41, 5.74) is 2.31. The fraction of sp³-hybridized carbons (Fsp3) is 0.480. The Morgan fingerprint density at radius 3 is 2.52 bits per heavy atom. The topological polar surface area (TPSA) is 60.0 Å². The summed E-state index contributed by atoms with van der Waals surface area (Å²) in [5, 5.41) is 3.31. The van der Waals surface area contributed by atoms with Crippen LogP contribution in [0.15, 0.2) is 48.5 Å². The molecular weight excluding hydrogens is 392 g/mol. The van der Waals surface area contributed by atoms with E-state index in [9.17, 15) is 4.79 Å². The minimum Gasteiger partial charge on any atom is -0.486 e. The predicted molar refractivity (Wildman–Crippen MR) is 120 cm³/mol. The molecule has 166 valence electrons. The molecule has 0 bridgehead atoms. The van der Waals surface area contributed by atoms with E-state index in [1.807, 2.05) is 31.2 Å². The number of rotatable bonds is 8. The van der Waals surface area contributed by atoms with Crippen molar-refractivity contribution in [3.05, 3.63) is 59.7 Å². The maximum Gasteiger partial charge on any atom is 0.224 e. The molecule has 1 saturated heterocycles.